The molecule has 1 saturated heterocycles. The second kappa shape index (κ2) is 8.82. The maximum Gasteiger partial charge on any atom is 0.270 e. The van der Waals surface area contributed by atoms with Crippen molar-refractivity contribution >= 4 is 46.3 Å². The van der Waals surface area contributed by atoms with E-state index in [9.17, 15) is 24.5 Å². The molecule has 4 aromatic rings. The average molecular weight is 548 g/mol. The molecular weight excluding hydrogens is 526 g/mol. The van der Waals surface area contributed by atoms with Crippen molar-refractivity contribution in [1.82, 2.24) is 4.90 Å². The molecule has 8 nitrogen and oxygen atoms in total. The summed E-state index contributed by atoms with van der Waals surface area (Å²) in [6.07, 6.45) is 3.66. The lowest BCUT2D eigenvalue weighted by atomic mass is 9.63. The van der Waals surface area contributed by atoms with Gasteiger partial charge in [0.25, 0.3) is 5.69 Å². The largest absolute Gasteiger partial charge is 0.358 e. The van der Waals surface area contributed by atoms with Gasteiger partial charge in [-0.3, -0.25) is 24.5 Å². The zero-order valence-corrected chi connectivity index (χ0v) is 21.7. The number of nitrogens with one attached hydrogen (secondary N) is 1. The monoisotopic (exact) mass is 547 g/mol. The van der Waals surface area contributed by atoms with Crippen molar-refractivity contribution in [2.45, 2.75) is 17.5 Å². The number of non-ortho nitro benzene ring substituents is 1. The molecule has 1 spiro atoms. The van der Waals surface area contributed by atoms with E-state index in [4.69, 9.17) is 0 Å². The van der Waals surface area contributed by atoms with Crippen LogP contribution in [0.4, 0.5) is 11.4 Å². The number of rotatable bonds is 5. The summed E-state index contributed by atoms with van der Waals surface area (Å²) in [5, 5.41) is 16.3. The van der Waals surface area contributed by atoms with Crippen molar-refractivity contribution < 1.29 is 19.3 Å². The zero-order chi connectivity index (χ0) is 27.6. The van der Waals surface area contributed by atoms with E-state index >= 15 is 0 Å². The average Bonchev–Trinajstić information content (AvgIpc) is 3.69. The summed E-state index contributed by atoms with van der Waals surface area (Å²) in [5.41, 5.74) is 1.44. The molecule has 0 bridgehead atoms. The third-order valence-corrected chi connectivity index (χ3v) is 9.11. The number of fused-ring (bicyclic) bond motifs is 6. The quantitative estimate of drug-likeness (QED) is 0.197. The molecule has 0 radical (unpaired) electrons. The molecule has 9 heteroatoms. The lowest BCUT2D eigenvalue weighted by Gasteiger charge is -2.38. The molecule has 1 aromatic heterocycles. The number of nitro groups is 1. The highest BCUT2D eigenvalue weighted by Gasteiger charge is 2.70. The number of hydrogen-bond acceptors (Lipinski definition) is 7. The van der Waals surface area contributed by atoms with Crippen molar-refractivity contribution in [2.75, 3.05) is 5.32 Å². The van der Waals surface area contributed by atoms with Crippen LogP contribution in [0.25, 0.3) is 6.08 Å². The molecule has 0 unspecified atom stereocenters. The van der Waals surface area contributed by atoms with E-state index in [1.165, 1.54) is 35.6 Å². The molecule has 3 aromatic carbocycles. The van der Waals surface area contributed by atoms with Crippen LogP contribution >= 0.6 is 11.3 Å². The van der Waals surface area contributed by atoms with Crippen LogP contribution in [0, 0.1) is 16.0 Å². The number of anilines is 1. The van der Waals surface area contributed by atoms with Gasteiger partial charge in [-0.2, -0.15) is 0 Å². The summed E-state index contributed by atoms with van der Waals surface area (Å²) in [5.74, 6) is -2.23. The van der Waals surface area contributed by atoms with Crippen LogP contribution in [0.3, 0.4) is 0 Å². The van der Waals surface area contributed by atoms with E-state index in [0.717, 1.165) is 11.1 Å². The van der Waals surface area contributed by atoms with Gasteiger partial charge in [-0.25, -0.2) is 0 Å². The van der Waals surface area contributed by atoms with Gasteiger partial charge in [0.15, 0.2) is 11.6 Å². The molecule has 3 aliphatic heterocycles. The van der Waals surface area contributed by atoms with Gasteiger partial charge >= 0.3 is 0 Å². The summed E-state index contributed by atoms with van der Waals surface area (Å²) >= 11 is 1.26. The fourth-order valence-electron chi connectivity index (χ4n) is 6.68. The first-order valence-corrected chi connectivity index (χ1v) is 13.6. The molecule has 0 aliphatic carbocycles. The summed E-state index contributed by atoms with van der Waals surface area (Å²) in [6.45, 7) is 0. The fraction of sp³-hybridized carbons (Fsp3) is 0.129. The summed E-state index contributed by atoms with van der Waals surface area (Å²) in [6, 6.07) is 22.2. The lowest BCUT2D eigenvalue weighted by Crippen LogP contribution is -2.49. The number of carbonyl (C=O) groups excluding carboxylic acids is 3. The number of thiophene rings is 1. The first kappa shape index (κ1) is 24.2. The fourth-order valence-corrected chi connectivity index (χ4v) is 7.39. The van der Waals surface area contributed by atoms with Crippen LogP contribution in [0.1, 0.15) is 42.8 Å². The second-order valence-corrected chi connectivity index (χ2v) is 11.0. The van der Waals surface area contributed by atoms with E-state index in [-0.39, 0.29) is 22.9 Å². The summed E-state index contributed by atoms with van der Waals surface area (Å²) in [7, 11) is 0. The van der Waals surface area contributed by atoms with Gasteiger partial charge in [0.05, 0.1) is 21.8 Å². The Balaban J connectivity index is 1.53. The van der Waals surface area contributed by atoms with Crippen molar-refractivity contribution in [3.05, 3.63) is 134 Å². The van der Waals surface area contributed by atoms with Gasteiger partial charge in [-0.05, 0) is 40.3 Å². The van der Waals surface area contributed by atoms with E-state index in [1.54, 1.807) is 29.8 Å². The predicted molar refractivity (Wildman–Crippen MR) is 150 cm³/mol. The minimum atomic E-state index is -1.43. The van der Waals surface area contributed by atoms with Gasteiger partial charge in [0, 0.05) is 29.6 Å². The van der Waals surface area contributed by atoms with Crippen LogP contribution in [-0.2, 0) is 10.2 Å². The first-order chi connectivity index (χ1) is 19.4. The Morgan fingerprint density at radius 3 is 2.55 bits per heavy atom. The highest BCUT2D eigenvalue weighted by molar-refractivity contribution is 7.12. The maximum atomic E-state index is 14.5. The topological polar surface area (TPSA) is 110 Å². The highest BCUT2D eigenvalue weighted by atomic mass is 32.1. The second-order valence-electron chi connectivity index (χ2n) is 10.1. The number of Topliss-reactive ketones (excluding diaryl/α,β-unsaturated/α-hetero) is 2. The van der Waals surface area contributed by atoms with Crippen LogP contribution in [0.15, 0.2) is 96.5 Å². The van der Waals surface area contributed by atoms with E-state index in [2.05, 4.69) is 5.32 Å². The highest BCUT2D eigenvalue weighted by Crippen LogP contribution is 2.62. The van der Waals surface area contributed by atoms with Gasteiger partial charge < -0.3 is 10.2 Å². The van der Waals surface area contributed by atoms with Crippen molar-refractivity contribution in [3.63, 3.8) is 0 Å². The number of benzene rings is 3. The molecule has 4 atom stereocenters. The van der Waals surface area contributed by atoms with Crippen LogP contribution < -0.4 is 5.32 Å². The third kappa shape index (κ3) is 3.21. The van der Waals surface area contributed by atoms with Gasteiger partial charge in [-0.1, -0.05) is 60.7 Å². The predicted octanol–water partition coefficient (Wildman–Crippen LogP) is 5.64. The number of amides is 1. The van der Waals surface area contributed by atoms with Crippen molar-refractivity contribution in [1.29, 1.82) is 0 Å². The Kier molecular flexibility index (Phi) is 5.33. The van der Waals surface area contributed by atoms with Crippen molar-refractivity contribution in [3.8, 4) is 0 Å². The number of para-hydroxylation sites is 1. The standard InChI is InChI=1S/C31H21N3O5S/c35-27(19-8-5-9-20(17-19)34(38)39)26-25(28(36)24-13-6-16-40-24)31(22-11-3-4-12-23(22)32-30(31)37)29-21-10-2-1-7-18(21)14-15-33(26)29/h1-17,25-26,29H,(H,32,37)/t25-,26+,29+,31+/m1/s1. The van der Waals surface area contributed by atoms with Crippen LogP contribution in [0.2, 0.25) is 0 Å². The third-order valence-electron chi connectivity index (χ3n) is 8.23. The number of carbonyl (C=O) groups is 3. The Labute approximate surface area is 232 Å². The smallest absolute Gasteiger partial charge is 0.270 e. The molecule has 196 valence electrons. The van der Waals surface area contributed by atoms with Gasteiger partial charge in [0.1, 0.15) is 11.5 Å². The molecule has 4 heterocycles. The van der Waals surface area contributed by atoms with Gasteiger partial charge in [-0.15, -0.1) is 11.3 Å². The van der Waals surface area contributed by atoms with Crippen LogP contribution in [-0.4, -0.2) is 33.3 Å². The molecule has 1 fully saturated rings. The molecule has 3 aliphatic rings. The minimum absolute atomic E-state index is 0.109. The minimum Gasteiger partial charge on any atom is -0.358 e. The molecule has 1 amide bonds. The molecular formula is C31H21N3O5S. The maximum absolute atomic E-state index is 14.5. The van der Waals surface area contributed by atoms with E-state index < -0.39 is 34.1 Å². The SMILES string of the molecule is O=C(c1cccc([N+](=O)[O-])c1)[C@@H]1[C@H](C(=O)c2cccs2)[C@]2(C(=O)Nc3ccccc32)[C@@H]2c3ccccc3C=CN12. The molecule has 7 rings (SSSR count). The molecule has 40 heavy (non-hydrogen) atoms. The first-order valence-electron chi connectivity index (χ1n) is 12.7. The Morgan fingerprint density at radius 1 is 0.950 bits per heavy atom. The Bertz CT molecular complexity index is 1760. The molecule has 0 saturated carbocycles. The van der Waals surface area contributed by atoms with E-state index in [0.29, 0.717) is 16.1 Å². The summed E-state index contributed by atoms with van der Waals surface area (Å²) < 4.78 is 0. The van der Waals surface area contributed by atoms with Crippen LogP contribution in [0.5, 0.6) is 0 Å². The number of ketones is 2. The Morgan fingerprint density at radius 2 is 1.75 bits per heavy atom. The lowest BCUT2D eigenvalue weighted by molar-refractivity contribution is -0.384. The zero-order valence-electron chi connectivity index (χ0n) is 20.9. The number of nitrogens with zero attached hydrogens (tertiary/aromatic N) is 2. The van der Waals surface area contributed by atoms with Crippen molar-refractivity contribution in [2.24, 2.45) is 5.92 Å². The van der Waals surface area contributed by atoms with E-state index in [1.807, 2.05) is 53.4 Å². The number of nitro benzene ring substituents is 1. The summed E-state index contributed by atoms with van der Waals surface area (Å²) in [4.78, 5) is 56.6. The Hall–Kier alpha value is -4.89. The normalized spacial score (nSPS) is 23.9. The van der Waals surface area contributed by atoms with Gasteiger partial charge in [0.2, 0.25) is 5.91 Å². The molecule has 1 N–H and O–H groups in total. The number of hydrogen-bond donors (Lipinski definition) is 1.